The van der Waals surface area contributed by atoms with Crippen LogP contribution in [-0.4, -0.2) is 57.5 Å². The number of esters is 3. The first kappa shape index (κ1) is 34.9. The van der Waals surface area contributed by atoms with Gasteiger partial charge in [0.25, 0.3) is 11.4 Å². The topological polar surface area (TPSA) is 191 Å². The van der Waals surface area contributed by atoms with E-state index in [1.165, 1.54) is 7.11 Å². The first-order valence-electron chi connectivity index (χ1n) is 12.9. The lowest BCUT2D eigenvalue weighted by Crippen LogP contribution is -2.32. The number of hydrogen-bond donors (Lipinski definition) is 0. The minimum Gasteiger partial charge on any atom is -0.469 e. The number of methoxy groups -OCH3 is 2. The van der Waals surface area contributed by atoms with Crippen LogP contribution in [0.3, 0.4) is 0 Å². The molecule has 2 aromatic heterocycles. The van der Waals surface area contributed by atoms with Gasteiger partial charge in [0.1, 0.15) is 18.0 Å². The predicted molar refractivity (Wildman–Crippen MR) is 169 cm³/mol. The molecule has 0 amide bonds. The van der Waals surface area contributed by atoms with Crippen molar-refractivity contribution in [1.82, 2.24) is 9.97 Å². The quantitative estimate of drug-likeness (QED) is 0.0692. The molecule has 4 aromatic rings. The smallest absolute Gasteiger partial charge is 0.325 e. The second-order valence-corrected chi connectivity index (χ2v) is 12.1. The molecule has 0 spiro atoms. The second kappa shape index (κ2) is 14.5. The summed E-state index contributed by atoms with van der Waals surface area (Å²) in [7, 11) is 2.35. The maximum Gasteiger partial charge on any atom is 0.325 e. The van der Waals surface area contributed by atoms with Gasteiger partial charge in [0.05, 0.1) is 52.6 Å². The number of nitro groups is 2. The van der Waals surface area contributed by atoms with E-state index in [0.29, 0.717) is 26.5 Å². The van der Waals surface area contributed by atoms with E-state index in [4.69, 9.17) is 9.47 Å². The van der Waals surface area contributed by atoms with Crippen molar-refractivity contribution in [2.45, 2.75) is 38.7 Å². The third-order valence-electron chi connectivity index (χ3n) is 6.08. The minimum atomic E-state index is -1.61. The number of ether oxygens (including phenoxy) is 3. The standard InChI is InChI=1S/C17H17BrN2O6.C12H9BrN2O4/c1-17(2,3)26-16(22)14(15(21)25-4)13-10-7-9(18)5-6-11(10)19-8-12(13)20(23)24;1-19-12(16)5-9-8-4-7(13)2-3-10(8)14-6-11(9)15(17)18/h5-8,14H,1-4H3;2-4,6H,5H2,1H3. The average molecular weight is 750 g/mol. The number of carbonyl (C=O) groups is 3. The predicted octanol–water partition coefficient (Wildman–Crippen LogP) is 6.12. The van der Waals surface area contributed by atoms with Crippen LogP contribution < -0.4 is 0 Å². The number of halogens is 2. The Hall–Kier alpha value is -4.57. The van der Waals surface area contributed by atoms with Gasteiger partial charge in [-0.15, -0.1) is 0 Å². The fraction of sp³-hybridized carbons (Fsp3) is 0.276. The van der Waals surface area contributed by atoms with Crippen LogP contribution >= 0.6 is 31.9 Å². The van der Waals surface area contributed by atoms with Gasteiger partial charge in [0.2, 0.25) is 0 Å². The highest BCUT2D eigenvalue weighted by Gasteiger charge is 2.40. The Labute approximate surface area is 272 Å². The van der Waals surface area contributed by atoms with Gasteiger partial charge >= 0.3 is 17.9 Å². The number of pyridine rings is 2. The lowest BCUT2D eigenvalue weighted by Gasteiger charge is -2.23. The van der Waals surface area contributed by atoms with Crippen LogP contribution in [0.4, 0.5) is 11.4 Å². The highest BCUT2D eigenvalue weighted by atomic mass is 79.9. The zero-order valence-corrected chi connectivity index (χ0v) is 27.7. The summed E-state index contributed by atoms with van der Waals surface area (Å²) in [6.45, 7) is 4.90. The van der Waals surface area contributed by atoms with Crippen molar-refractivity contribution in [2.24, 2.45) is 0 Å². The lowest BCUT2D eigenvalue weighted by atomic mass is 9.93. The van der Waals surface area contributed by atoms with Crippen LogP contribution in [0, 0.1) is 20.2 Å². The number of aromatic nitrogens is 2. The number of rotatable bonds is 7. The zero-order chi connectivity index (χ0) is 33.6. The summed E-state index contributed by atoms with van der Waals surface area (Å²) >= 11 is 6.58. The monoisotopic (exact) mass is 748 g/mol. The molecule has 236 valence electrons. The molecule has 4 rings (SSSR count). The largest absolute Gasteiger partial charge is 0.469 e. The highest BCUT2D eigenvalue weighted by molar-refractivity contribution is 9.10. The van der Waals surface area contributed by atoms with Gasteiger partial charge in [-0.1, -0.05) is 31.9 Å². The van der Waals surface area contributed by atoms with Crippen molar-refractivity contribution >= 4 is 82.9 Å². The van der Waals surface area contributed by atoms with E-state index in [9.17, 15) is 34.6 Å². The summed E-state index contributed by atoms with van der Waals surface area (Å²) in [5.41, 5.74) is -0.348. The molecule has 2 aromatic carbocycles. The van der Waals surface area contributed by atoms with E-state index in [-0.39, 0.29) is 23.1 Å². The molecule has 1 unspecified atom stereocenters. The molecule has 0 radical (unpaired) electrons. The van der Waals surface area contributed by atoms with Gasteiger partial charge in [0.15, 0.2) is 5.92 Å². The summed E-state index contributed by atoms with van der Waals surface area (Å²) in [6, 6.07) is 10.1. The van der Waals surface area contributed by atoms with E-state index < -0.39 is 45.0 Å². The fourth-order valence-electron chi connectivity index (χ4n) is 4.20. The Kier molecular flexibility index (Phi) is 11.2. The third-order valence-corrected chi connectivity index (χ3v) is 7.07. The van der Waals surface area contributed by atoms with Crippen molar-refractivity contribution < 1.29 is 38.4 Å². The zero-order valence-electron chi connectivity index (χ0n) is 24.5. The molecule has 0 saturated carbocycles. The van der Waals surface area contributed by atoms with Crippen LogP contribution in [0.5, 0.6) is 0 Å². The Balaban J connectivity index is 0.000000257. The maximum absolute atomic E-state index is 12.7. The molecule has 2 heterocycles. The molecular formula is C29H26Br2N4O10. The molecular weight excluding hydrogens is 724 g/mol. The summed E-state index contributed by atoms with van der Waals surface area (Å²) in [5, 5.41) is 23.4. The molecule has 45 heavy (non-hydrogen) atoms. The Morgan fingerprint density at radius 1 is 0.822 bits per heavy atom. The third kappa shape index (κ3) is 8.54. The van der Waals surface area contributed by atoms with Crippen molar-refractivity contribution in [3.8, 4) is 0 Å². The molecule has 0 saturated heterocycles. The SMILES string of the molecule is COC(=O)C(C(=O)OC(C)(C)C)c1c([N+](=O)[O-])cnc2ccc(Br)cc12.COC(=O)Cc1c([N+](=O)[O-])cnc2ccc(Br)cc12. The van der Waals surface area contributed by atoms with E-state index in [2.05, 4.69) is 46.6 Å². The molecule has 0 N–H and O–H groups in total. The van der Waals surface area contributed by atoms with Crippen molar-refractivity contribution in [1.29, 1.82) is 0 Å². The van der Waals surface area contributed by atoms with Crippen LogP contribution in [-0.2, 0) is 35.0 Å². The summed E-state index contributed by atoms with van der Waals surface area (Å²) in [6.07, 6.45) is 2.02. The van der Waals surface area contributed by atoms with Gasteiger partial charge in [0, 0.05) is 19.7 Å². The van der Waals surface area contributed by atoms with Gasteiger partial charge in [-0.05, 0) is 57.2 Å². The second-order valence-electron chi connectivity index (χ2n) is 10.3. The van der Waals surface area contributed by atoms with Crippen LogP contribution in [0.1, 0.15) is 37.8 Å². The van der Waals surface area contributed by atoms with E-state index in [1.807, 2.05) is 0 Å². The molecule has 0 bridgehead atoms. The first-order valence-corrected chi connectivity index (χ1v) is 14.5. The first-order chi connectivity index (χ1) is 21.1. The van der Waals surface area contributed by atoms with Crippen molar-refractivity contribution in [3.05, 3.63) is 89.1 Å². The Bertz CT molecular complexity index is 1820. The van der Waals surface area contributed by atoms with E-state index in [1.54, 1.807) is 57.2 Å². The van der Waals surface area contributed by atoms with Crippen LogP contribution in [0.15, 0.2) is 57.7 Å². The Morgan fingerprint density at radius 3 is 1.82 bits per heavy atom. The molecule has 0 aliphatic rings. The van der Waals surface area contributed by atoms with Gasteiger partial charge in [-0.2, -0.15) is 0 Å². The normalized spacial score (nSPS) is 11.6. The molecule has 1 atom stereocenters. The number of carbonyl (C=O) groups excluding carboxylic acids is 3. The van der Waals surface area contributed by atoms with Gasteiger partial charge < -0.3 is 14.2 Å². The minimum absolute atomic E-state index is 0.109. The molecule has 14 nitrogen and oxygen atoms in total. The highest BCUT2D eigenvalue weighted by Crippen LogP contribution is 2.36. The van der Waals surface area contributed by atoms with Gasteiger partial charge in [-0.3, -0.25) is 34.6 Å². The van der Waals surface area contributed by atoms with E-state index in [0.717, 1.165) is 24.0 Å². The summed E-state index contributed by atoms with van der Waals surface area (Å²) < 4.78 is 16.0. The van der Waals surface area contributed by atoms with Crippen LogP contribution in [0.25, 0.3) is 21.8 Å². The van der Waals surface area contributed by atoms with Crippen molar-refractivity contribution in [3.63, 3.8) is 0 Å². The molecule has 16 heteroatoms. The maximum atomic E-state index is 12.7. The average Bonchev–Trinajstić information content (AvgIpc) is 2.96. The number of nitrogens with zero attached hydrogens (tertiary/aromatic N) is 4. The van der Waals surface area contributed by atoms with Gasteiger partial charge in [-0.25, -0.2) is 9.97 Å². The fourth-order valence-corrected chi connectivity index (χ4v) is 4.93. The van der Waals surface area contributed by atoms with Crippen LogP contribution in [0.2, 0.25) is 0 Å². The molecule has 0 aliphatic carbocycles. The summed E-state index contributed by atoms with van der Waals surface area (Å²) in [4.78, 5) is 65.8. The van der Waals surface area contributed by atoms with E-state index >= 15 is 0 Å². The molecule has 0 fully saturated rings. The Morgan fingerprint density at radius 2 is 1.33 bits per heavy atom. The number of benzene rings is 2. The van der Waals surface area contributed by atoms with Crippen molar-refractivity contribution in [2.75, 3.05) is 14.2 Å². The number of fused-ring (bicyclic) bond motifs is 2. The summed E-state index contributed by atoms with van der Waals surface area (Å²) in [5.74, 6) is -4.02. The lowest BCUT2D eigenvalue weighted by molar-refractivity contribution is -0.385. The number of hydrogen-bond acceptors (Lipinski definition) is 12. The molecule has 0 aliphatic heterocycles.